The van der Waals surface area contributed by atoms with Gasteiger partial charge in [-0.15, -0.1) is 0 Å². The van der Waals surface area contributed by atoms with E-state index in [1.165, 1.54) is 12.4 Å². The van der Waals surface area contributed by atoms with Gasteiger partial charge in [0.15, 0.2) is 0 Å². The number of carbonyl (C=O) groups excluding carboxylic acids is 2. The Hall–Kier alpha value is -3.37. The Morgan fingerprint density at radius 2 is 2.30 bits per heavy atom. The molecule has 1 aromatic carbocycles. The van der Waals surface area contributed by atoms with Crippen LogP contribution in [0.15, 0.2) is 24.5 Å². The SMILES string of the molecule is O=C(Nc1ccc(F)c([N+](=O)[O-])c1)[C@H]1CC(=O)n2ncnc2N1. The van der Waals surface area contributed by atoms with E-state index in [0.29, 0.717) is 0 Å². The van der Waals surface area contributed by atoms with Gasteiger partial charge in [0, 0.05) is 11.8 Å². The van der Waals surface area contributed by atoms with Gasteiger partial charge in [0.1, 0.15) is 12.4 Å². The van der Waals surface area contributed by atoms with Gasteiger partial charge in [0.2, 0.25) is 17.7 Å². The zero-order valence-corrected chi connectivity index (χ0v) is 11.4. The van der Waals surface area contributed by atoms with Gasteiger partial charge < -0.3 is 10.6 Å². The molecule has 2 N–H and O–H groups in total. The second-order valence-corrected chi connectivity index (χ2v) is 4.70. The quantitative estimate of drug-likeness (QED) is 0.631. The van der Waals surface area contributed by atoms with Crippen molar-refractivity contribution in [1.82, 2.24) is 14.8 Å². The molecule has 0 unspecified atom stereocenters. The van der Waals surface area contributed by atoms with E-state index in [9.17, 15) is 24.1 Å². The van der Waals surface area contributed by atoms with Crippen LogP contribution in [0.25, 0.3) is 0 Å². The van der Waals surface area contributed by atoms with E-state index in [4.69, 9.17) is 0 Å². The maximum Gasteiger partial charge on any atom is 0.306 e. The Balaban J connectivity index is 1.77. The van der Waals surface area contributed by atoms with Crippen LogP contribution in [0, 0.1) is 15.9 Å². The highest BCUT2D eigenvalue weighted by Gasteiger charge is 2.31. The van der Waals surface area contributed by atoms with Gasteiger partial charge in [-0.1, -0.05) is 0 Å². The maximum atomic E-state index is 13.3. The smallest absolute Gasteiger partial charge is 0.306 e. The van der Waals surface area contributed by atoms with E-state index in [1.807, 2.05) is 0 Å². The molecule has 118 valence electrons. The molecular formula is C12H9FN6O4. The van der Waals surface area contributed by atoms with Crippen LogP contribution in [0.1, 0.15) is 11.2 Å². The number of nitro benzene ring substituents is 1. The predicted molar refractivity (Wildman–Crippen MR) is 74.4 cm³/mol. The summed E-state index contributed by atoms with van der Waals surface area (Å²) in [5.41, 5.74) is -0.709. The number of carbonyl (C=O) groups is 2. The second kappa shape index (κ2) is 5.44. The Labute approximate surface area is 127 Å². The number of halogens is 1. The fourth-order valence-corrected chi connectivity index (χ4v) is 2.11. The Bertz CT molecular complexity index is 820. The minimum absolute atomic E-state index is 0.0457. The standard InChI is InChI=1S/C12H9FN6O4/c13-7-2-1-6(3-9(7)19(22)23)16-11(21)8-4-10(20)18-12(17-8)14-5-15-18/h1-3,5,8H,4H2,(H,16,21)(H,14,15,17)/t8-/m1/s1. The topological polar surface area (TPSA) is 132 Å². The Morgan fingerprint density at radius 3 is 3.04 bits per heavy atom. The summed E-state index contributed by atoms with van der Waals surface area (Å²) in [5.74, 6) is -1.89. The highest BCUT2D eigenvalue weighted by molar-refractivity contribution is 6.01. The van der Waals surface area contributed by atoms with Gasteiger partial charge >= 0.3 is 5.69 Å². The average molecular weight is 320 g/mol. The number of hydrogen-bond acceptors (Lipinski definition) is 7. The second-order valence-electron chi connectivity index (χ2n) is 4.70. The van der Waals surface area contributed by atoms with Crippen LogP contribution in [-0.2, 0) is 4.79 Å². The molecule has 0 aliphatic carbocycles. The van der Waals surface area contributed by atoms with Gasteiger partial charge in [0.25, 0.3) is 5.91 Å². The number of nitrogens with zero attached hydrogens (tertiary/aromatic N) is 4. The summed E-state index contributed by atoms with van der Waals surface area (Å²) in [7, 11) is 0. The van der Waals surface area contributed by atoms with Crippen molar-refractivity contribution in [1.29, 1.82) is 0 Å². The van der Waals surface area contributed by atoms with E-state index >= 15 is 0 Å². The van der Waals surface area contributed by atoms with E-state index in [-0.39, 0.29) is 18.1 Å². The van der Waals surface area contributed by atoms with Gasteiger partial charge in [-0.2, -0.15) is 19.2 Å². The first kappa shape index (κ1) is 14.6. The van der Waals surface area contributed by atoms with Gasteiger partial charge in [-0.05, 0) is 12.1 Å². The fraction of sp³-hybridized carbons (Fsp3) is 0.167. The van der Waals surface area contributed by atoms with E-state index < -0.39 is 34.3 Å². The number of hydrogen-bond donors (Lipinski definition) is 2. The molecule has 0 fully saturated rings. The van der Waals surface area contributed by atoms with Crippen molar-refractivity contribution < 1.29 is 18.9 Å². The minimum atomic E-state index is -1.01. The number of amides is 1. The summed E-state index contributed by atoms with van der Waals surface area (Å²) in [4.78, 5) is 37.6. The summed E-state index contributed by atoms with van der Waals surface area (Å²) < 4.78 is 14.3. The molecular weight excluding hydrogens is 311 g/mol. The van der Waals surface area contributed by atoms with E-state index in [2.05, 4.69) is 20.7 Å². The summed E-state index contributed by atoms with van der Waals surface area (Å²) in [6, 6.07) is 2.06. The van der Waals surface area contributed by atoms with Crippen LogP contribution in [0.4, 0.5) is 21.7 Å². The lowest BCUT2D eigenvalue weighted by Gasteiger charge is -2.22. The number of fused-ring (bicyclic) bond motifs is 1. The molecule has 2 aromatic rings. The van der Waals surface area contributed by atoms with Crippen LogP contribution >= 0.6 is 0 Å². The fourth-order valence-electron chi connectivity index (χ4n) is 2.11. The van der Waals surface area contributed by atoms with Crippen LogP contribution in [-0.4, -0.2) is 37.5 Å². The lowest BCUT2D eigenvalue weighted by Crippen LogP contribution is -2.42. The third-order valence-electron chi connectivity index (χ3n) is 3.19. The molecule has 1 amide bonds. The number of rotatable bonds is 3. The number of nitrogens with one attached hydrogen (secondary N) is 2. The van der Waals surface area contributed by atoms with E-state index in [1.54, 1.807) is 0 Å². The number of benzene rings is 1. The van der Waals surface area contributed by atoms with Crippen LogP contribution in [0.2, 0.25) is 0 Å². The molecule has 0 saturated carbocycles. The van der Waals surface area contributed by atoms with Crippen molar-refractivity contribution in [2.24, 2.45) is 0 Å². The molecule has 0 saturated heterocycles. The molecule has 1 atom stereocenters. The Morgan fingerprint density at radius 1 is 1.52 bits per heavy atom. The van der Waals surface area contributed by atoms with Crippen molar-refractivity contribution >= 4 is 29.1 Å². The van der Waals surface area contributed by atoms with Gasteiger partial charge in [0.05, 0.1) is 11.3 Å². The summed E-state index contributed by atoms with van der Waals surface area (Å²) >= 11 is 0. The minimum Gasteiger partial charge on any atom is -0.342 e. The normalized spacial score (nSPS) is 16.4. The number of aromatic nitrogens is 3. The summed E-state index contributed by atoms with van der Waals surface area (Å²) in [6.45, 7) is 0. The lowest BCUT2D eigenvalue weighted by molar-refractivity contribution is -0.387. The van der Waals surface area contributed by atoms with Gasteiger partial charge in [-0.25, -0.2) is 0 Å². The highest BCUT2D eigenvalue weighted by Crippen LogP contribution is 2.22. The molecule has 23 heavy (non-hydrogen) atoms. The number of anilines is 2. The Kier molecular flexibility index (Phi) is 3.44. The van der Waals surface area contributed by atoms with Crippen molar-refractivity contribution in [3.05, 3.63) is 40.5 Å². The first-order valence-corrected chi connectivity index (χ1v) is 6.40. The van der Waals surface area contributed by atoms with Crippen molar-refractivity contribution in [2.75, 3.05) is 10.6 Å². The monoisotopic (exact) mass is 320 g/mol. The molecule has 11 heteroatoms. The summed E-state index contributed by atoms with van der Waals surface area (Å²) in [6.07, 6.45) is 1.01. The van der Waals surface area contributed by atoms with Crippen molar-refractivity contribution in [3.63, 3.8) is 0 Å². The molecule has 1 aromatic heterocycles. The van der Waals surface area contributed by atoms with Gasteiger partial charge in [-0.3, -0.25) is 19.7 Å². The first-order chi connectivity index (χ1) is 11.0. The van der Waals surface area contributed by atoms with Crippen molar-refractivity contribution in [3.8, 4) is 0 Å². The predicted octanol–water partition coefficient (Wildman–Crippen LogP) is 0.788. The lowest BCUT2D eigenvalue weighted by atomic mass is 10.1. The third-order valence-corrected chi connectivity index (χ3v) is 3.19. The average Bonchev–Trinajstić information content (AvgIpc) is 2.98. The molecule has 0 bridgehead atoms. The third kappa shape index (κ3) is 2.71. The molecule has 0 radical (unpaired) electrons. The highest BCUT2D eigenvalue weighted by atomic mass is 19.1. The molecule has 1 aliphatic heterocycles. The largest absolute Gasteiger partial charge is 0.342 e. The van der Waals surface area contributed by atoms with E-state index in [0.717, 1.165) is 16.8 Å². The molecule has 1 aliphatic rings. The zero-order chi connectivity index (χ0) is 16.6. The molecule has 3 rings (SSSR count). The zero-order valence-electron chi connectivity index (χ0n) is 11.4. The van der Waals surface area contributed by atoms with Crippen LogP contribution in [0.5, 0.6) is 0 Å². The maximum absolute atomic E-state index is 13.3. The first-order valence-electron chi connectivity index (χ1n) is 6.40. The summed E-state index contributed by atoms with van der Waals surface area (Å²) in [5, 5.41) is 19.5. The molecule has 2 heterocycles. The van der Waals surface area contributed by atoms with Crippen LogP contribution in [0.3, 0.4) is 0 Å². The molecule has 10 nitrogen and oxygen atoms in total. The van der Waals surface area contributed by atoms with Crippen molar-refractivity contribution in [2.45, 2.75) is 12.5 Å². The molecule has 0 spiro atoms. The van der Waals surface area contributed by atoms with Crippen LogP contribution < -0.4 is 10.6 Å². The number of nitro groups is 1.